The minimum atomic E-state index is -2.44. The highest BCUT2D eigenvalue weighted by Gasteiger charge is 2.40. The lowest BCUT2D eigenvalue weighted by Gasteiger charge is -2.29. The number of para-hydroxylation sites is 2. The van der Waals surface area contributed by atoms with Crippen molar-refractivity contribution in [3.8, 4) is 0 Å². The first-order valence-corrected chi connectivity index (χ1v) is 36.8. The molecule has 0 radical (unpaired) electrons. The summed E-state index contributed by atoms with van der Waals surface area (Å²) in [6.45, 7) is 2.18. The van der Waals surface area contributed by atoms with Crippen molar-refractivity contribution in [3.05, 3.63) is 65.9 Å². The zero-order valence-corrected chi connectivity index (χ0v) is 63.6. The second-order valence-corrected chi connectivity index (χ2v) is 27.5. The molecule has 630 valence electrons. The number of ether oxygens (including phenoxy) is 1. The number of carbonyl (C=O) groups excluding carboxylic acids is 16. The molecule has 2 heterocycles. The molecule has 1 fully saturated rings. The van der Waals surface area contributed by atoms with Gasteiger partial charge in [-0.1, -0.05) is 76.3 Å². The Hall–Kier alpha value is -12.7. The minimum absolute atomic E-state index is 0.0215. The quantitative estimate of drug-likeness (QED) is 0.0113. The summed E-state index contributed by atoms with van der Waals surface area (Å²) in [5.41, 5.74) is 18.1. The van der Waals surface area contributed by atoms with Gasteiger partial charge in [-0.2, -0.15) is 0 Å². The van der Waals surface area contributed by atoms with E-state index in [0.29, 0.717) is 35.2 Å². The Morgan fingerprint density at radius 2 is 1.06 bits per heavy atom. The van der Waals surface area contributed by atoms with Gasteiger partial charge in [0.2, 0.25) is 82.7 Å². The van der Waals surface area contributed by atoms with E-state index in [2.05, 4.69) is 72.0 Å². The number of aliphatic hydroxyl groups excluding tert-OH is 1. The topological polar surface area (TPSA) is 702 Å². The Morgan fingerprint density at radius 1 is 0.530 bits per heavy atom. The maximum atomic E-state index is 14.8. The zero-order chi connectivity index (χ0) is 85.8. The Bertz CT molecular complexity index is 4040. The summed E-state index contributed by atoms with van der Waals surface area (Å²) in [6, 6.07) is -10.5. The predicted molar refractivity (Wildman–Crippen MR) is 400 cm³/mol. The lowest BCUT2D eigenvalue weighted by molar-refractivity contribution is -0.156. The van der Waals surface area contributed by atoms with Gasteiger partial charge in [0.15, 0.2) is 5.78 Å². The van der Waals surface area contributed by atoms with E-state index in [1.807, 2.05) is 16.0 Å². The molecule has 43 nitrogen and oxygen atoms in total. The number of ketones is 1. The fourth-order valence-corrected chi connectivity index (χ4v) is 11.6. The van der Waals surface area contributed by atoms with E-state index in [-0.39, 0.29) is 37.1 Å². The van der Waals surface area contributed by atoms with Crippen LogP contribution < -0.4 is 86.3 Å². The first kappa shape index (κ1) is 94.7. The normalized spacial score (nSPS) is 20.9. The van der Waals surface area contributed by atoms with Crippen molar-refractivity contribution in [2.45, 2.75) is 209 Å². The van der Waals surface area contributed by atoms with Crippen LogP contribution in [0.1, 0.15) is 146 Å². The lowest BCUT2D eigenvalue weighted by Crippen LogP contribution is -2.61. The highest BCUT2D eigenvalue weighted by molar-refractivity contribution is 6.05. The summed E-state index contributed by atoms with van der Waals surface area (Å²) in [6.07, 6.45) is -4.25. The number of nitrogens with two attached hydrogens (primary N) is 3. The van der Waals surface area contributed by atoms with E-state index in [1.165, 1.54) is 24.3 Å². The van der Waals surface area contributed by atoms with Gasteiger partial charge in [0, 0.05) is 54.0 Å². The smallest absolute Gasteiger partial charge is 0.329 e. The molecule has 3 aromatic rings. The maximum Gasteiger partial charge on any atom is 0.329 e. The molecule has 0 unspecified atom stereocenters. The molecule has 0 aliphatic carbocycles. The monoisotopic (exact) mass is 1620 g/mol. The van der Waals surface area contributed by atoms with Crippen LogP contribution in [0.5, 0.6) is 0 Å². The van der Waals surface area contributed by atoms with Gasteiger partial charge in [0.05, 0.1) is 45.4 Å². The lowest BCUT2D eigenvalue weighted by atomic mass is 10.0. The number of aromatic amines is 1. The molecule has 4 rings (SSSR count). The molecule has 43 heteroatoms. The van der Waals surface area contributed by atoms with Gasteiger partial charge < -0.3 is 122 Å². The van der Waals surface area contributed by atoms with E-state index in [9.17, 15) is 121 Å². The Kier molecular flexibility index (Phi) is 39.2. The van der Waals surface area contributed by atoms with Crippen molar-refractivity contribution in [2.75, 3.05) is 32.0 Å². The van der Waals surface area contributed by atoms with Gasteiger partial charge in [-0.3, -0.25) is 91.1 Å². The molecular formula is C72H101N17O26. The van der Waals surface area contributed by atoms with Crippen molar-refractivity contribution in [1.29, 1.82) is 0 Å². The summed E-state index contributed by atoms with van der Waals surface area (Å²) in [5, 5.41) is 78.3. The molecule has 0 bridgehead atoms. The number of carboxylic acid groups (broad SMARTS) is 4. The number of hydrogen-bond acceptors (Lipinski definition) is 24. The second kappa shape index (κ2) is 47.6. The molecule has 115 heavy (non-hydrogen) atoms. The number of aliphatic carboxylic acids is 4. The van der Waals surface area contributed by atoms with Gasteiger partial charge in [0.25, 0.3) is 0 Å². The van der Waals surface area contributed by atoms with Crippen LogP contribution in [0.4, 0.5) is 5.69 Å². The molecule has 1 saturated heterocycles. The number of nitrogen functional groups attached to an aromatic ring is 1. The number of carboxylic acids is 4. The number of amides is 14. The third kappa shape index (κ3) is 33.3. The van der Waals surface area contributed by atoms with E-state index in [1.54, 1.807) is 30.5 Å². The fraction of sp³-hybridized carbons (Fsp3) is 0.528. The number of unbranched alkanes of at least 4 members (excludes halogenated alkanes) is 4. The molecule has 0 saturated carbocycles. The number of rotatable bonds is 35. The second-order valence-electron chi connectivity index (χ2n) is 27.5. The summed E-state index contributed by atoms with van der Waals surface area (Å²) < 4.78 is 5.66. The first-order chi connectivity index (χ1) is 54.3. The number of anilines is 1. The summed E-state index contributed by atoms with van der Waals surface area (Å²) in [7, 11) is 0. The SMILES string of the molecule is CC(C)CCCCCCCC(=O)N[C@@H](Cc1c[nH]c2ccccc12)C(=O)N[C@H](CC(N)=O)C(=O)N[C@@H](CC(=O)O)C(=O)N[C@@H]1C(=O)NCC(=O)N[C@@H](CCCN)C(=O)N[C@@H](CC(=O)O)C(=O)N[C@H](C)C(=O)N[C@@H](CC(=O)O)C(=O)NCC(=O)N[C@H](CO)C(=O)N[C@@H](CCC(=O)O)C(=O)N[C@@H](CC(=O)c2ccccc2N)C(=O)O[C@H]1C. The van der Waals surface area contributed by atoms with E-state index in [0.717, 1.165) is 39.5 Å². The average molecular weight is 1620 g/mol. The standard InChI is InChI=1S/C72H101N17O26/c1-35(2)15-8-6-5-7-9-21-54(93)81-45(25-38-31-76-42-19-13-11-16-39(38)42)67(109)85-46(27-53(75)92)68(110)87-49(30-60(102)103)69(111)89-61-37(4)115-72(114)50(26-52(91)40-17-10-12-18-41(40)74)88-65(107)44(22-23-57(96)97)83-70(112)51(34-90)82-56(95)32-77-63(105)47(28-58(98)99)84-62(104)36(3)79-66(108)48(29-59(100)101)86-64(106)43(20-14-24-73)80-55(94)33-78-71(61)113/h10-13,16-19,31,35-37,43-51,61,76,90H,5-9,14-15,20-30,32-34,73-74H2,1-4H3,(H2,75,92)(H,77,105)(H,78,113)(H,79,108)(H,80,94)(H,81,93)(H,82,95)(H,83,112)(H,84,104)(H,85,109)(H,86,106)(H,87,110)(H,88,107)(H,89,111)(H,96,97)(H,98,99)(H,100,101)(H,102,103)/t36-,37+,43+,44+,45+,46-,47+,48+,49+,50+,51-,61+/m1/s1. The summed E-state index contributed by atoms with van der Waals surface area (Å²) in [5.74, 6) is -27.7. The number of nitrogens with one attached hydrogen (secondary N) is 14. The van der Waals surface area contributed by atoms with Crippen LogP contribution >= 0.6 is 0 Å². The number of hydrogen-bond donors (Lipinski definition) is 22. The number of fused-ring (bicyclic) bond motifs is 1. The van der Waals surface area contributed by atoms with Crippen molar-refractivity contribution < 1.29 is 126 Å². The average Bonchev–Trinajstić information content (AvgIpc) is 1.72. The molecule has 2 aromatic carbocycles. The Balaban J connectivity index is 1.85. The van der Waals surface area contributed by atoms with Crippen LogP contribution in [-0.2, 0) is 102 Å². The number of benzene rings is 2. The maximum absolute atomic E-state index is 14.8. The molecule has 0 spiro atoms. The van der Waals surface area contributed by atoms with Gasteiger partial charge in [-0.05, 0) is 75.8 Å². The van der Waals surface area contributed by atoms with E-state index < -0.39 is 262 Å². The third-order valence-corrected chi connectivity index (χ3v) is 17.7. The van der Waals surface area contributed by atoms with Crippen molar-refractivity contribution in [3.63, 3.8) is 0 Å². The Labute approximate surface area is 657 Å². The molecule has 1 aliphatic heterocycles. The van der Waals surface area contributed by atoms with Gasteiger partial charge >= 0.3 is 29.8 Å². The molecule has 25 N–H and O–H groups in total. The summed E-state index contributed by atoms with van der Waals surface area (Å²) in [4.78, 5) is 275. The minimum Gasteiger partial charge on any atom is -0.481 e. The number of aliphatic hydroxyl groups is 1. The number of esters is 1. The third-order valence-electron chi connectivity index (χ3n) is 17.7. The van der Waals surface area contributed by atoms with Crippen LogP contribution in [0.2, 0.25) is 0 Å². The largest absolute Gasteiger partial charge is 0.481 e. The molecule has 12 atom stereocenters. The van der Waals surface area contributed by atoms with Gasteiger partial charge in [-0.25, -0.2) is 4.79 Å². The van der Waals surface area contributed by atoms with Crippen molar-refractivity contribution in [2.24, 2.45) is 17.4 Å². The van der Waals surface area contributed by atoms with Crippen molar-refractivity contribution >= 4 is 135 Å². The van der Waals surface area contributed by atoms with Crippen LogP contribution in [0, 0.1) is 5.92 Å². The first-order valence-electron chi connectivity index (χ1n) is 36.8. The number of carbonyl (C=O) groups is 20. The van der Waals surface area contributed by atoms with Crippen molar-refractivity contribution in [1.82, 2.24) is 74.1 Å². The van der Waals surface area contributed by atoms with Crippen LogP contribution in [0.15, 0.2) is 54.7 Å². The van der Waals surface area contributed by atoms with E-state index in [4.69, 9.17) is 21.9 Å². The zero-order valence-electron chi connectivity index (χ0n) is 63.6. The highest BCUT2D eigenvalue weighted by atomic mass is 16.5. The predicted octanol–water partition coefficient (Wildman–Crippen LogP) is -5.62. The number of cyclic esters (lactones) is 1. The van der Waals surface area contributed by atoms with Gasteiger partial charge in [0.1, 0.15) is 72.6 Å². The van der Waals surface area contributed by atoms with E-state index >= 15 is 0 Å². The fourth-order valence-electron chi connectivity index (χ4n) is 11.6. The summed E-state index contributed by atoms with van der Waals surface area (Å²) >= 11 is 0. The number of Topliss-reactive ketones (excluding diaryl/α,β-unsaturated/α-hetero) is 1. The highest BCUT2D eigenvalue weighted by Crippen LogP contribution is 2.21. The number of H-pyrrole nitrogens is 1. The number of aromatic nitrogens is 1. The molecule has 1 aliphatic rings. The molecule has 1 aromatic heterocycles. The van der Waals surface area contributed by atoms with Gasteiger partial charge in [-0.15, -0.1) is 0 Å². The Morgan fingerprint density at radius 3 is 1.66 bits per heavy atom. The van der Waals surface area contributed by atoms with Crippen LogP contribution in [0.3, 0.4) is 0 Å². The number of primary amides is 1. The molecule has 14 amide bonds. The molecular weight excluding hydrogens is 1520 g/mol. The van der Waals surface area contributed by atoms with Crippen LogP contribution in [0.25, 0.3) is 10.9 Å². The van der Waals surface area contributed by atoms with Crippen LogP contribution in [-0.4, -0.2) is 248 Å².